The number of aryl methyl sites for hydroxylation is 1. The minimum absolute atomic E-state index is 0.0772. The molecule has 0 aliphatic rings. The van der Waals surface area contributed by atoms with Crippen molar-refractivity contribution in [3.63, 3.8) is 0 Å². The van der Waals surface area contributed by atoms with Gasteiger partial charge < -0.3 is 14.8 Å². The molecule has 26 heavy (non-hydrogen) atoms. The number of carbonyl (C=O) groups is 2. The first kappa shape index (κ1) is 19.0. The number of carbonyl (C=O) groups excluding carboxylic acids is 2. The second kappa shape index (κ2) is 8.70. The molecule has 8 nitrogen and oxygen atoms in total. The molecule has 2 rings (SSSR count). The summed E-state index contributed by atoms with van der Waals surface area (Å²) >= 11 is 0. The quantitative estimate of drug-likeness (QED) is 0.548. The molecule has 0 saturated heterocycles. The molecular weight excluding hydrogens is 336 g/mol. The van der Waals surface area contributed by atoms with Gasteiger partial charge in [0.2, 0.25) is 0 Å². The summed E-state index contributed by atoms with van der Waals surface area (Å²) in [6.07, 6.45) is 3.24. The van der Waals surface area contributed by atoms with Gasteiger partial charge in [-0.15, -0.1) is 0 Å². The van der Waals surface area contributed by atoms with E-state index in [9.17, 15) is 9.59 Å². The number of esters is 1. The average molecular weight is 356 g/mol. The summed E-state index contributed by atoms with van der Waals surface area (Å²) in [7, 11) is 1.29. The first-order chi connectivity index (χ1) is 12.4. The van der Waals surface area contributed by atoms with Crippen LogP contribution in [0.4, 0.5) is 5.69 Å². The highest BCUT2D eigenvalue weighted by atomic mass is 16.5. The van der Waals surface area contributed by atoms with Gasteiger partial charge in [-0.05, 0) is 30.7 Å². The molecule has 2 aromatic rings. The van der Waals surface area contributed by atoms with Crippen LogP contribution in [0.15, 0.2) is 30.6 Å². The van der Waals surface area contributed by atoms with Crippen LogP contribution in [0, 0.1) is 12.3 Å². The number of nitrogens with zero attached hydrogens (tertiary/aromatic N) is 2. The van der Waals surface area contributed by atoms with Crippen LogP contribution in [-0.2, 0) is 20.9 Å². The number of ketones is 1. The van der Waals surface area contributed by atoms with Crippen LogP contribution in [0.25, 0.3) is 0 Å². The third-order valence-corrected chi connectivity index (χ3v) is 3.56. The third-order valence-electron chi connectivity index (χ3n) is 3.56. The maximum Gasteiger partial charge on any atom is 0.325 e. The van der Waals surface area contributed by atoms with E-state index in [1.54, 1.807) is 30.6 Å². The monoisotopic (exact) mass is 356 g/mol. The molecule has 0 aliphatic carbocycles. The number of rotatable bonds is 8. The van der Waals surface area contributed by atoms with E-state index in [0.717, 1.165) is 5.56 Å². The molecule has 0 unspecified atom stereocenters. The van der Waals surface area contributed by atoms with Crippen molar-refractivity contribution in [1.82, 2.24) is 9.97 Å². The highest BCUT2D eigenvalue weighted by Gasteiger charge is 2.16. The van der Waals surface area contributed by atoms with Crippen molar-refractivity contribution in [1.29, 1.82) is 5.41 Å². The van der Waals surface area contributed by atoms with Crippen molar-refractivity contribution in [3.05, 3.63) is 47.5 Å². The molecule has 0 fully saturated rings. The van der Waals surface area contributed by atoms with Crippen LogP contribution in [0.2, 0.25) is 0 Å². The van der Waals surface area contributed by atoms with Crippen molar-refractivity contribution in [2.45, 2.75) is 20.5 Å². The van der Waals surface area contributed by atoms with Crippen LogP contribution in [0.3, 0.4) is 0 Å². The standard InChI is InChI=1S/C18H20N4O4/c1-11-7-14(22-9-17(24)25-3)13(18(19)12(2)23)8-15(11)26-10-16-20-5-4-6-21-16/h4-8,19,22H,9-10H2,1-3H3. The number of hydrogen-bond acceptors (Lipinski definition) is 8. The predicted octanol–water partition coefficient (Wildman–Crippen LogP) is 1.91. The van der Waals surface area contributed by atoms with Crippen molar-refractivity contribution in [2.75, 3.05) is 19.0 Å². The van der Waals surface area contributed by atoms with Gasteiger partial charge in [-0.1, -0.05) is 0 Å². The number of hydrogen-bond donors (Lipinski definition) is 2. The van der Waals surface area contributed by atoms with Gasteiger partial charge in [-0.3, -0.25) is 15.0 Å². The first-order valence-electron chi connectivity index (χ1n) is 7.86. The number of benzene rings is 1. The Hall–Kier alpha value is -3.29. The summed E-state index contributed by atoms with van der Waals surface area (Å²) < 4.78 is 10.3. The van der Waals surface area contributed by atoms with Crippen molar-refractivity contribution in [3.8, 4) is 5.75 Å². The lowest BCUT2D eigenvalue weighted by Crippen LogP contribution is -2.19. The Morgan fingerprint density at radius 1 is 1.23 bits per heavy atom. The average Bonchev–Trinajstić information content (AvgIpc) is 2.65. The third kappa shape index (κ3) is 4.85. The number of aromatic nitrogens is 2. The van der Waals surface area contributed by atoms with E-state index in [1.807, 2.05) is 6.92 Å². The van der Waals surface area contributed by atoms with Gasteiger partial charge in [0.15, 0.2) is 11.6 Å². The lowest BCUT2D eigenvalue weighted by atomic mass is 10.0. The topological polar surface area (TPSA) is 114 Å². The molecule has 136 valence electrons. The molecular formula is C18H20N4O4. The maximum absolute atomic E-state index is 11.7. The van der Waals surface area contributed by atoms with Crippen LogP contribution in [0.5, 0.6) is 5.75 Å². The molecule has 1 aromatic heterocycles. The molecule has 0 bridgehead atoms. The number of methoxy groups -OCH3 is 1. The minimum Gasteiger partial charge on any atom is -0.485 e. The Labute approximate surface area is 151 Å². The smallest absolute Gasteiger partial charge is 0.325 e. The van der Waals surface area contributed by atoms with E-state index in [-0.39, 0.29) is 18.9 Å². The molecule has 0 saturated carbocycles. The van der Waals surface area contributed by atoms with Crippen molar-refractivity contribution >= 4 is 23.2 Å². The second-order valence-electron chi connectivity index (χ2n) is 5.48. The summed E-state index contributed by atoms with van der Waals surface area (Å²) in [4.78, 5) is 31.2. The van der Waals surface area contributed by atoms with Crippen LogP contribution < -0.4 is 10.1 Å². The van der Waals surface area contributed by atoms with Gasteiger partial charge in [0.1, 0.15) is 24.6 Å². The molecule has 1 aromatic carbocycles. The van der Waals surface area contributed by atoms with Crippen LogP contribution in [0.1, 0.15) is 23.9 Å². The fourth-order valence-corrected chi connectivity index (χ4v) is 2.17. The lowest BCUT2D eigenvalue weighted by molar-refractivity contribution is -0.138. The maximum atomic E-state index is 11.7. The normalized spacial score (nSPS) is 10.1. The van der Waals surface area contributed by atoms with Gasteiger partial charge >= 0.3 is 5.97 Å². The van der Waals surface area contributed by atoms with E-state index in [4.69, 9.17) is 10.1 Å². The lowest BCUT2D eigenvalue weighted by Gasteiger charge is -2.16. The van der Waals surface area contributed by atoms with E-state index < -0.39 is 11.8 Å². The summed E-state index contributed by atoms with van der Waals surface area (Å²) in [5.41, 5.74) is 1.42. The van der Waals surface area contributed by atoms with Crippen molar-refractivity contribution < 1.29 is 19.1 Å². The zero-order chi connectivity index (χ0) is 19.1. The van der Waals surface area contributed by atoms with E-state index in [1.165, 1.54) is 14.0 Å². The largest absolute Gasteiger partial charge is 0.485 e. The summed E-state index contributed by atoms with van der Waals surface area (Å²) in [5.74, 6) is 0.168. The Morgan fingerprint density at radius 3 is 2.54 bits per heavy atom. The first-order valence-corrected chi connectivity index (χ1v) is 7.86. The molecule has 0 radical (unpaired) electrons. The molecule has 0 spiro atoms. The molecule has 2 N–H and O–H groups in total. The fourth-order valence-electron chi connectivity index (χ4n) is 2.17. The molecule has 1 heterocycles. The number of ether oxygens (including phenoxy) is 2. The van der Waals surface area contributed by atoms with Crippen molar-refractivity contribution in [2.24, 2.45) is 0 Å². The Balaban J connectivity index is 2.29. The van der Waals surface area contributed by atoms with E-state index in [0.29, 0.717) is 22.8 Å². The highest BCUT2D eigenvalue weighted by Crippen LogP contribution is 2.28. The Kier molecular flexibility index (Phi) is 6.37. The van der Waals surface area contributed by atoms with Gasteiger partial charge in [0, 0.05) is 30.6 Å². The SMILES string of the molecule is COC(=O)CNc1cc(C)c(OCc2ncccn2)cc1C(=N)C(C)=O. The zero-order valence-corrected chi connectivity index (χ0v) is 14.8. The van der Waals surface area contributed by atoms with Crippen LogP contribution in [-0.4, -0.2) is 41.1 Å². The predicted molar refractivity (Wildman–Crippen MR) is 95.6 cm³/mol. The molecule has 0 atom stereocenters. The van der Waals surface area contributed by atoms with Gasteiger partial charge in [0.05, 0.1) is 7.11 Å². The van der Waals surface area contributed by atoms with Gasteiger partial charge in [-0.2, -0.15) is 0 Å². The number of anilines is 1. The Morgan fingerprint density at radius 2 is 1.92 bits per heavy atom. The molecule has 0 amide bonds. The number of Topliss-reactive ketones (excluding diaryl/α,β-unsaturated/α-hetero) is 1. The molecule has 0 aliphatic heterocycles. The minimum atomic E-state index is -0.454. The van der Waals surface area contributed by atoms with Crippen LogP contribution >= 0.6 is 0 Å². The van der Waals surface area contributed by atoms with E-state index in [2.05, 4.69) is 20.0 Å². The zero-order valence-electron chi connectivity index (χ0n) is 14.8. The van der Waals surface area contributed by atoms with E-state index >= 15 is 0 Å². The van der Waals surface area contributed by atoms with Gasteiger partial charge in [-0.25, -0.2) is 9.97 Å². The Bertz CT molecular complexity index is 821. The number of nitrogens with one attached hydrogen (secondary N) is 2. The van der Waals surface area contributed by atoms with Gasteiger partial charge in [0.25, 0.3) is 0 Å². The summed E-state index contributed by atoms with van der Waals surface area (Å²) in [6, 6.07) is 5.03. The second-order valence-corrected chi connectivity index (χ2v) is 5.48. The molecule has 8 heteroatoms. The highest BCUT2D eigenvalue weighted by molar-refractivity contribution is 6.45. The summed E-state index contributed by atoms with van der Waals surface area (Å²) in [5, 5.41) is 10.9. The summed E-state index contributed by atoms with van der Waals surface area (Å²) in [6.45, 7) is 3.21. The fraction of sp³-hybridized carbons (Fsp3) is 0.278.